The highest BCUT2D eigenvalue weighted by Gasteiger charge is 2.10. The molecular formula is C11H18N2O2. The number of aromatic nitrogens is 2. The summed E-state index contributed by atoms with van der Waals surface area (Å²) in [5, 5.41) is 0. The minimum atomic E-state index is 0.0987. The second kappa shape index (κ2) is 6.35. The Morgan fingerprint density at radius 3 is 3.00 bits per heavy atom. The molecule has 0 fully saturated rings. The fourth-order valence-corrected chi connectivity index (χ4v) is 1.41. The number of carbonyl (C=O) groups is 1. The Kier molecular flexibility index (Phi) is 5.04. The lowest BCUT2D eigenvalue weighted by molar-refractivity contribution is 0.0933. The topological polar surface area (TPSA) is 44.1 Å². The molecule has 1 heterocycles. The highest BCUT2D eigenvalue weighted by molar-refractivity contribution is 5.92. The summed E-state index contributed by atoms with van der Waals surface area (Å²) in [4.78, 5) is 15.8. The van der Waals surface area contributed by atoms with Gasteiger partial charge in [0.1, 0.15) is 0 Å². The summed E-state index contributed by atoms with van der Waals surface area (Å²) in [5.74, 6) is 0.663. The summed E-state index contributed by atoms with van der Waals surface area (Å²) in [6, 6.07) is 0. The van der Waals surface area contributed by atoms with Crippen molar-refractivity contribution in [3.63, 3.8) is 0 Å². The lowest BCUT2D eigenvalue weighted by atomic mass is 10.2. The zero-order valence-electron chi connectivity index (χ0n) is 9.40. The van der Waals surface area contributed by atoms with Gasteiger partial charge in [0.15, 0.2) is 11.6 Å². The molecule has 0 N–H and O–H groups in total. The van der Waals surface area contributed by atoms with Gasteiger partial charge in [-0.1, -0.05) is 0 Å². The number of nitrogens with zero attached hydrogens (tertiary/aromatic N) is 2. The average Bonchev–Trinajstić information content (AvgIpc) is 2.72. The standard InChI is InChI=1S/C11H18N2O2/c1-3-13-8-7-12-11(13)10(14)6-5-9-15-4-2/h7-8H,3-6,9H2,1-2H3. The number of Topliss-reactive ketones (excluding diaryl/α,β-unsaturated/α-hetero) is 1. The molecule has 1 aromatic rings. The third-order valence-electron chi connectivity index (χ3n) is 2.20. The number of hydrogen-bond acceptors (Lipinski definition) is 3. The summed E-state index contributed by atoms with van der Waals surface area (Å²) < 4.78 is 7.04. The number of aryl methyl sites for hydroxylation is 1. The van der Waals surface area contributed by atoms with E-state index in [0.29, 0.717) is 25.5 Å². The molecule has 0 saturated carbocycles. The van der Waals surface area contributed by atoms with Gasteiger partial charge < -0.3 is 9.30 Å². The third kappa shape index (κ3) is 3.47. The number of carbonyl (C=O) groups excluding carboxylic acids is 1. The predicted molar refractivity (Wildman–Crippen MR) is 58.0 cm³/mol. The molecule has 0 radical (unpaired) electrons. The van der Waals surface area contributed by atoms with Crippen molar-refractivity contribution in [1.82, 2.24) is 9.55 Å². The van der Waals surface area contributed by atoms with Gasteiger partial charge in [0.25, 0.3) is 0 Å². The van der Waals surface area contributed by atoms with Gasteiger partial charge in [0.2, 0.25) is 0 Å². The fraction of sp³-hybridized carbons (Fsp3) is 0.636. The molecule has 15 heavy (non-hydrogen) atoms. The first-order chi connectivity index (χ1) is 7.29. The van der Waals surface area contributed by atoms with Crippen LogP contribution in [-0.4, -0.2) is 28.5 Å². The van der Waals surface area contributed by atoms with E-state index in [0.717, 1.165) is 13.0 Å². The van der Waals surface area contributed by atoms with E-state index in [2.05, 4.69) is 4.98 Å². The van der Waals surface area contributed by atoms with Gasteiger partial charge in [-0.15, -0.1) is 0 Å². The van der Waals surface area contributed by atoms with Crippen LogP contribution in [0.5, 0.6) is 0 Å². The number of ketones is 1. The number of ether oxygens (including phenoxy) is 1. The van der Waals surface area contributed by atoms with Crippen LogP contribution in [0.15, 0.2) is 12.4 Å². The highest BCUT2D eigenvalue weighted by Crippen LogP contribution is 2.04. The van der Waals surface area contributed by atoms with Crippen LogP contribution in [0.25, 0.3) is 0 Å². The lowest BCUT2D eigenvalue weighted by Gasteiger charge is -2.03. The Labute approximate surface area is 90.3 Å². The number of rotatable bonds is 7. The molecular weight excluding hydrogens is 192 g/mol. The van der Waals surface area contributed by atoms with E-state index in [1.54, 1.807) is 6.20 Å². The van der Waals surface area contributed by atoms with Crippen LogP contribution in [0.3, 0.4) is 0 Å². The van der Waals surface area contributed by atoms with Crippen molar-refractivity contribution in [1.29, 1.82) is 0 Å². The van der Waals surface area contributed by atoms with Crippen molar-refractivity contribution in [2.75, 3.05) is 13.2 Å². The van der Waals surface area contributed by atoms with Crippen LogP contribution in [0.2, 0.25) is 0 Å². The largest absolute Gasteiger partial charge is 0.382 e. The van der Waals surface area contributed by atoms with E-state index >= 15 is 0 Å². The van der Waals surface area contributed by atoms with Crippen LogP contribution < -0.4 is 0 Å². The van der Waals surface area contributed by atoms with Crippen molar-refractivity contribution < 1.29 is 9.53 Å². The molecule has 1 rings (SSSR count). The summed E-state index contributed by atoms with van der Waals surface area (Å²) in [5.41, 5.74) is 0. The van der Waals surface area contributed by atoms with Gasteiger partial charge in [-0.25, -0.2) is 4.98 Å². The Morgan fingerprint density at radius 1 is 1.53 bits per heavy atom. The van der Waals surface area contributed by atoms with Crippen molar-refractivity contribution in [2.24, 2.45) is 0 Å². The van der Waals surface area contributed by atoms with Gasteiger partial charge >= 0.3 is 0 Å². The maximum absolute atomic E-state index is 11.7. The zero-order chi connectivity index (χ0) is 11.1. The molecule has 0 aliphatic carbocycles. The molecule has 0 saturated heterocycles. The molecule has 0 bridgehead atoms. The van der Waals surface area contributed by atoms with Crippen molar-refractivity contribution in [3.05, 3.63) is 18.2 Å². The van der Waals surface area contributed by atoms with E-state index in [4.69, 9.17) is 4.74 Å². The Hall–Kier alpha value is -1.16. The van der Waals surface area contributed by atoms with Crippen LogP contribution in [0.1, 0.15) is 37.3 Å². The molecule has 1 aromatic heterocycles. The lowest BCUT2D eigenvalue weighted by Crippen LogP contribution is -2.10. The molecule has 0 aromatic carbocycles. The van der Waals surface area contributed by atoms with Crippen molar-refractivity contribution >= 4 is 5.78 Å². The molecule has 0 unspecified atom stereocenters. The van der Waals surface area contributed by atoms with E-state index < -0.39 is 0 Å². The van der Waals surface area contributed by atoms with Crippen LogP contribution in [0.4, 0.5) is 0 Å². The van der Waals surface area contributed by atoms with Gasteiger partial charge in [-0.2, -0.15) is 0 Å². The van der Waals surface area contributed by atoms with E-state index in [1.807, 2.05) is 24.6 Å². The summed E-state index contributed by atoms with van der Waals surface area (Å²) >= 11 is 0. The minimum Gasteiger partial charge on any atom is -0.382 e. The van der Waals surface area contributed by atoms with Crippen LogP contribution >= 0.6 is 0 Å². The van der Waals surface area contributed by atoms with E-state index in [-0.39, 0.29) is 5.78 Å². The normalized spacial score (nSPS) is 10.5. The third-order valence-corrected chi connectivity index (χ3v) is 2.20. The molecule has 84 valence electrons. The first-order valence-electron chi connectivity index (χ1n) is 5.41. The monoisotopic (exact) mass is 210 g/mol. The van der Waals surface area contributed by atoms with Crippen LogP contribution in [-0.2, 0) is 11.3 Å². The predicted octanol–water partition coefficient (Wildman–Crippen LogP) is 1.90. The second-order valence-electron chi connectivity index (χ2n) is 3.26. The highest BCUT2D eigenvalue weighted by atomic mass is 16.5. The zero-order valence-corrected chi connectivity index (χ0v) is 9.40. The summed E-state index contributed by atoms with van der Waals surface area (Å²) in [6.45, 7) is 6.09. The molecule has 0 spiro atoms. The molecule has 4 nitrogen and oxygen atoms in total. The molecule has 0 aliphatic heterocycles. The van der Waals surface area contributed by atoms with Gasteiger partial charge in [0.05, 0.1) is 0 Å². The van der Waals surface area contributed by atoms with Crippen molar-refractivity contribution in [3.8, 4) is 0 Å². The van der Waals surface area contributed by atoms with E-state index in [1.165, 1.54) is 0 Å². The van der Waals surface area contributed by atoms with Crippen LogP contribution in [0, 0.1) is 0 Å². The molecule has 0 amide bonds. The maximum atomic E-state index is 11.7. The Morgan fingerprint density at radius 2 is 2.33 bits per heavy atom. The minimum absolute atomic E-state index is 0.0987. The van der Waals surface area contributed by atoms with Gasteiger partial charge in [-0.3, -0.25) is 4.79 Å². The maximum Gasteiger partial charge on any atom is 0.198 e. The number of hydrogen-bond donors (Lipinski definition) is 0. The van der Waals surface area contributed by atoms with Gasteiger partial charge in [0, 0.05) is 38.6 Å². The second-order valence-corrected chi connectivity index (χ2v) is 3.26. The van der Waals surface area contributed by atoms with E-state index in [9.17, 15) is 4.79 Å². The molecule has 4 heteroatoms. The molecule has 0 atom stereocenters. The first-order valence-corrected chi connectivity index (χ1v) is 5.41. The smallest absolute Gasteiger partial charge is 0.198 e. The number of imidazole rings is 1. The first kappa shape index (κ1) is 11.9. The SMILES string of the molecule is CCOCCCC(=O)c1nccn1CC. The van der Waals surface area contributed by atoms with Gasteiger partial charge in [-0.05, 0) is 20.3 Å². The molecule has 0 aliphatic rings. The Balaban J connectivity index is 2.40. The Bertz CT molecular complexity index is 307. The average molecular weight is 210 g/mol. The fourth-order valence-electron chi connectivity index (χ4n) is 1.41. The quantitative estimate of drug-likeness (QED) is 0.510. The van der Waals surface area contributed by atoms with Crippen molar-refractivity contribution in [2.45, 2.75) is 33.2 Å². The summed E-state index contributed by atoms with van der Waals surface area (Å²) in [7, 11) is 0. The summed E-state index contributed by atoms with van der Waals surface area (Å²) in [6.07, 6.45) is 4.77.